The molecule has 3 aromatic carbocycles. The fourth-order valence-electron chi connectivity index (χ4n) is 4.41. The maximum atomic E-state index is 12.8. The molecule has 0 radical (unpaired) electrons. The Morgan fingerprint density at radius 1 is 1.03 bits per heavy atom. The van der Waals surface area contributed by atoms with Crippen LogP contribution in [0.5, 0.6) is 5.75 Å². The van der Waals surface area contributed by atoms with Crippen molar-refractivity contribution in [1.29, 1.82) is 0 Å². The first-order valence-corrected chi connectivity index (χ1v) is 11.7. The number of urea groups is 1. The third-order valence-corrected chi connectivity index (χ3v) is 6.55. The summed E-state index contributed by atoms with van der Waals surface area (Å²) in [6.07, 6.45) is 2.79. The summed E-state index contributed by atoms with van der Waals surface area (Å²) >= 11 is 0. The smallest absolute Gasteiger partial charge is 0.347 e. The number of carboxylic acid groups (broad SMARTS) is 1. The summed E-state index contributed by atoms with van der Waals surface area (Å²) in [5, 5.41) is 11.6. The summed E-state index contributed by atoms with van der Waals surface area (Å²) in [5.41, 5.74) is 1.05. The molecule has 0 spiro atoms. The highest BCUT2D eigenvalue weighted by Crippen LogP contribution is 2.24. The number of hydrogen-bond acceptors (Lipinski definition) is 3. The number of aryl methyl sites for hydroxylation is 1. The molecule has 0 bridgehead atoms. The van der Waals surface area contributed by atoms with E-state index < -0.39 is 11.6 Å². The van der Waals surface area contributed by atoms with Crippen molar-refractivity contribution < 1.29 is 19.4 Å². The average Bonchev–Trinajstić information content (AvgIpc) is 3.07. The molecule has 34 heavy (non-hydrogen) atoms. The molecule has 4 rings (SSSR count). The second kappa shape index (κ2) is 9.75. The van der Waals surface area contributed by atoms with Gasteiger partial charge in [-0.3, -0.25) is 0 Å². The maximum Gasteiger partial charge on any atom is 0.347 e. The summed E-state index contributed by atoms with van der Waals surface area (Å²) in [6, 6.07) is 22.5. The van der Waals surface area contributed by atoms with Crippen molar-refractivity contribution in [3.8, 4) is 5.75 Å². The average molecular weight is 461 g/mol. The van der Waals surface area contributed by atoms with Gasteiger partial charge in [0.25, 0.3) is 0 Å². The van der Waals surface area contributed by atoms with Crippen LogP contribution >= 0.6 is 0 Å². The van der Waals surface area contributed by atoms with E-state index in [1.165, 1.54) is 30.2 Å². The highest BCUT2D eigenvalue weighted by Gasteiger charge is 2.34. The van der Waals surface area contributed by atoms with Crippen molar-refractivity contribution in [2.24, 2.45) is 0 Å². The molecule has 0 aliphatic carbocycles. The van der Waals surface area contributed by atoms with Gasteiger partial charge in [-0.05, 0) is 73.2 Å². The molecule has 3 aromatic rings. The van der Waals surface area contributed by atoms with E-state index in [9.17, 15) is 14.7 Å². The van der Waals surface area contributed by atoms with E-state index in [1.807, 2.05) is 53.2 Å². The second-order valence-electron chi connectivity index (χ2n) is 9.56. The van der Waals surface area contributed by atoms with Crippen LogP contribution in [0.2, 0.25) is 0 Å². The molecule has 0 saturated carbocycles. The lowest BCUT2D eigenvalue weighted by Gasteiger charge is -2.21. The molecule has 2 amide bonds. The van der Waals surface area contributed by atoms with Gasteiger partial charge in [0.2, 0.25) is 0 Å². The summed E-state index contributed by atoms with van der Waals surface area (Å²) in [5.74, 6) is -0.455. The van der Waals surface area contributed by atoms with Crippen molar-refractivity contribution in [3.63, 3.8) is 0 Å². The molecule has 1 fully saturated rings. The minimum absolute atomic E-state index is 0.0840. The number of carbonyl (C=O) groups is 2. The van der Waals surface area contributed by atoms with Crippen molar-refractivity contribution in [2.45, 2.75) is 51.3 Å². The number of carbonyl (C=O) groups excluding carboxylic acids is 1. The van der Waals surface area contributed by atoms with E-state index in [0.29, 0.717) is 12.3 Å². The molecule has 1 aliphatic rings. The van der Waals surface area contributed by atoms with Gasteiger partial charge in [-0.15, -0.1) is 0 Å². The normalized spacial score (nSPS) is 16.3. The van der Waals surface area contributed by atoms with E-state index in [0.717, 1.165) is 31.4 Å². The topological polar surface area (TPSA) is 70.1 Å². The van der Waals surface area contributed by atoms with E-state index in [4.69, 9.17) is 4.74 Å². The van der Waals surface area contributed by atoms with Crippen LogP contribution in [0, 0.1) is 0 Å². The molecule has 6 heteroatoms. The quantitative estimate of drug-likeness (QED) is 0.468. The Morgan fingerprint density at radius 3 is 2.41 bits per heavy atom. The number of amides is 2. The number of likely N-dealkylation sites (N-methyl/N-ethyl adjacent to an activating group) is 1. The third kappa shape index (κ3) is 5.33. The summed E-state index contributed by atoms with van der Waals surface area (Å²) in [4.78, 5) is 27.8. The largest absolute Gasteiger partial charge is 0.478 e. The first-order valence-electron chi connectivity index (χ1n) is 11.7. The summed E-state index contributed by atoms with van der Waals surface area (Å²) in [6.45, 7) is 4.43. The molecule has 1 atom stereocenters. The molecular formula is C28H32N2O4. The van der Waals surface area contributed by atoms with Gasteiger partial charge in [0.15, 0.2) is 5.60 Å². The van der Waals surface area contributed by atoms with Gasteiger partial charge < -0.3 is 19.6 Å². The third-order valence-electron chi connectivity index (χ3n) is 6.55. The van der Waals surface area contributed by atoms with Crippen molar-refractivity contribution >= 4 is 22.8 Å². The number of rotatable bonds is 9. The molecular weight excluding hydrogens is 428 g/mol. The van der Waals surface area contributed by atoms with Crippen molar-refractivity contribution in [3.05, 3.63) is 77.9 Å². The van der Waals surface area contributed by atoms with Gasteiger partial charge in [0.05, 0.1) is 6.04 Å². The molecule has 1 heterocycles. The highest BCUT2D eigenvalue weighted by atomic mass is 16.5. The molecule has 1 unspecified atom stereocenters. The van der Waals surface area contributed by atoms with Crippen LogP contribution in [-0.4, -0.2) is 52.1 Å². The van der Waals surface area contributed by atoms with Gasteiger partial charge in [-0.1, -0.05) is 48.5 Å². The number of hydrogen-bond donors (Lipinski definition) is 1. The summed E-state index contributed by atoms with van der Waals surface area (Å²) < 4.78 is 5.56. The van der Waals surface area contributed by atoms with Gasteiger partial charge in [-0.25, -0.2) is 9.59 Å². The van der Waals surface area contributed by atoms with E-state index in [-0.39, 0.29) is 12.1 Å². The molecule has 0 aromatic heterocycles. The van der Waals surface area contributed by atoms with E-state index in [1.54, 1.807) is 0 Å². The first kappa shape index (κ1) is 23.6. The number of benzene rings is 3. The van der Waals surface area contributed by atoms with Crippen LogP contribution in [0.15, 0.2) is 66.7 Å². The zero-order chi connectivity index (χ0) is 24.3. The van der Waals surface area contributed by atoms with Crippen LogP contribution in [0.25, 0.3) is 10.8 Å². The van der Waals surface area contributed by atoms with Crippen molar-refractivity contribution in [2.75, 3.05) is 13.6 Å². The predicted octanol–water partition coefficient (Wildman–Crippen LogP) is 5.34. The van der Waals surface area contributed by atoms with E-state index in [2.05, 4.69) is 30.3 Å². The van der Waals surface area contributed by atoms with Crippen LogP contribution in [-0.2, 0) is 17.8 Å². The molecule has 6 nitrogen and oxygen atoms in total. The first-order chi connectivity index (χ1) is 16.2. The van der Waals surface area contributed by atoms with Crippen LogP contribution in [0.1, 0.15) is 37.8 Å². The highest BCUT2D eigenvalue weighted by molar-refractivity contribution is 5.83. The molecule has 1 aliphatic heterocycles. The minimum Gasteiger partial charge on any atom is -0.478 e. The monoisotopic (exact) mass is 460 g/mol. The lowest BCUT2D eigenvalue weighted by atomic mass is 10.0. The Hall–Kier alpha value is -3.54. The number of nitrogens with zero attached hydrogens (tertiary/aromatic N) is 2. The number of ether oxygens (including phenoxy) is 1. The van der Waals surface area contributed by atoms with Crippen LogP contribution in [0.3, 0.4) is 0 Å². The minimum atomic E-state index is -1.26. The zero-order valence-corrected chi connectivity index (χ0v) is 20.0. The number of fused-ring (bicyclic) bond motifs is 1. The zero-order valence-electron chi connectivity index (χ0n) is 20.0. The van der Waals surface area contributed by atoms with Gasteiger partial charge in [0.1, 0.15) is 5.75 Å². The fraction of sp³-hybridized carbons (Fsp3) is 0.357. The Bertz CT molecular complexity index is 1170. The second-order valence-corrected chi connectivity index (χ2v) is 9.56. The standard InChI is InChI=1S/C28H32N2O4/c1-28(2,26(31)32)34-25-15-12-20(13-16-25)7-6-10-24-19-30(27(33)29(24)3)18-21-11-14-22-8-4-5-9-23(22)17-21/h4-5,8-9,11-17,24H,6-7,10,18-19H2,1-3H3,(H,31,32). The number of carboxylic acids is 1. The molecule has 178 valence electrons. The SMILES string of the molecule is CN1C(=O)N(Cc2ccc3ccccc3c2)CC1CCCc1ccc(OC(C)(C)C(=O)O)cc1. The lowest BCUT2D eigenvalue weighted by Crippen LogP contribution is -2.37. The molecule has 1 N–H and O–H groups in total. The fourth-order valence-corrected chi connectivity index (χ4v) is 4.41. The van der Waals surface area contributed by atoms with Crippen LogP contribution < -0.4 is 4.74 Å². The Labute approximate surface area is 200 Å². The Kier molecular flexibility index (Phi) is 6.77. The van der Waals surface area contributed by atoms with E-state index >= 15 is 0 Å². The lowest BCUT2D eigenvalue weighted by molar-refractivity contribution is -0.152. The van der Waals surface area contributed by atoms with Crippen LogP contribution in [0.4, 0.5) is 4.79 Å². The number of aliphatic carboxylic acids is 1. The molecule has 1 saturated heterocycles. The maximum absolute atomic E-state index is 12.8. The Morgan fingerprint density at radius 2 is 1.71 bits per heavy atom. The van der Waals surface area contributed by atoms with Gasteiger partial charge in [-0.2, -0.15) is 0 Å². The van der Waals surface area contributed by atoms with Gasteiger partial charge >= 0.3 is 12.0 Å². The predicted molar refractivity (Wildman–Crippen MR) is 133 cm³/mol. The van der Waals surface area contributed by atoms with Crippen molar-refractivity contribution in [1.82, 2.24) is 9.80 Å². The summed E-state index contributed by atoms with van der Waals surface area (Å²) in [7, 11) is 1.89. The van der Waals surface area contributed by atoms with Gasteiger partial charge in [0, 0.05) is 20.1 Å². The Balaban J connectivity index is 1.29.